The van der Waals surface area contributed by atoms with Crippen molar-refractivity contribution in [1.29, 1.82) is 0 Å². The van der Waals surface area contributed by atoms with Gasteiger partial charge in [0, 0.05) is 7.11 Å². The zero-order valence-corrected chi connectivity index (χ0v) is 12.0. The van der Waals surface area contributed by atoms with Crippen molar-refractivity contribution in [2.75, 3.05) is 13.9 Å². The van der Waals surface area contributed by atoms with Crippen LogP contribution in [0.5, 0.6) is 0 Å². The summed E-state index contributed by atoms with van der Waals surface area (Å²) in [5.74, 6) is -3.43. The van der Waals surface area contributed by atoms with Gasteiger partial charge < -0.3 is 9.47 Å². The molecule has 0 aliphatic heterocycles. The van der Waals surface area contributed by atoms with Gasteiger partial charge in [0.1, 0.15) is 12.4 Å². The Bertz CT molecular complexity index is 496. The van der Waals surface area contributed by atoms with Crippen LogP contribution in [0.1, 0.15) is 31.2 Å². The van der Waals surface area contributed by atoms with Crippen molar-refractivity contribution in [1.82, 2.24) is 0 Å². The highest BCUT2D eigenvalue weighted by Gasteiger charge is 2.72. The minimum Gasteiger partial charge on any atom is -0.359 e. The molecule has 0 amide bonds. The van der Waals surface area contributed by atoms with E-state index in [9.17, 15) is 13.2 Å². The average Bonchev–Trinajstić information content (AvgIpc) is 2.52. The summed E-state index contributed by atoms with van der Waals surface area (Å²) < 4.78 is 54.4. The Labute approximate surface area is 122 Å². The molecule has 3 aliphatic carbocycles. The number of alkyl halides is 3. The number of methoxy groups -OCH3 is 1. The molecule has 0 saturated heterocycles. The van der Waals surface area contributed by atoms with E-state index in [1.807, 2.05) is 0 Å². The van der Waals surface area contributed by atoms with Crippen LogP contribution in [0.15, 0.2) is 30.3 Å². The number of hydrogen-bond acceptors (Lipinski definition) is 2. The lowest BCUT2D eigenvalue weighted by molar-refractivity contribution is -0.291. The van der Waals surface area contributed by atoms with Crippen molar-refractivity contribution in [3.8, 4) is 0 Å². The summed E-state index contributed by atoms with van der Waals surface area (Å²) in [5, 5.41) is 0. The first-order valence-electron chi connectivity index (χ1n) is 7.19. The Balaban J connectivity index is 1.98. The van der Waals surface area contributed by atoms with E-state index in [1.54, 1.807) is 30.3 Å². The van der Waals surface area contributed by atoms with Gasteiger partial charge in [0.05, 0.1) is 5.41 Å². The molecule has 3 fully saturated rings. The third-order valence-electron chi connectivity index (χ3n) is 5.16. The molecule has 0 heterocycles. The lowest BCUT2D eigenvalue weighted by atomic mass is 9.53. The number of benzene rings is 1. The summed E-state index contributed by atoms with van der Waals surface area (Å²) in [5.41, 5.74) is -2.29. The number of fused-ring (bicyclic) bond motifs is 3. The highest BCUT2D eigenvalue weighted by molar-refractivity contribution is 5.34. The maximum atomic E-state index is 14.8. The van der Waals surface area contributed by atoms with Crippen LogP contribution in [0.4, 0.5) is 13.2 Å². The van der Waals surface area contributed by atoms with E-state index in [4.69, 9.17) is 9.47 Å². The van der Waals surface area contributed by atoms with Crippen LogP contribution in [0.25, 0.3) is 0 Å². The van der Waals surface area contributed by atoms with Gasteiger partial charge in [-0.2, -0.15) is 0 Å². The Kier molecular flexibility index (Phi) is 3.53. The van der Waals surface area contributed by atoms with Gasteiger partial charge >= 0.3 is 0 Å². The van der Waals surface area contributed by atoms with Crippen molar-refractivity contribution < 1.29 is 22.6 Å². The summed E-state index contributed by atoms with van der Waals surface area (Å²) in [7, 11) is 1.40. The molecule has 1 aromatic rings. The zero-order chi connectivity index (χ0) is 15.1. The number of hydrogen-bond donors (Lipinski definition) is 0. The first kappa shape index (κ1) is 14.9. The van der Waals surface area contributed by atoms with E-state index < -0.39 is 23.1 Å². The average molecular weight is 300 g/mol. The van der Waals surface area contributed by atoms with Crippen LogP contribution in [0.2, 0.25) is 0 Å². The maximum absolute atomic E-state index is 14.8. The molecule has 21 heavy (non-hydrogen) atoms. The van der Waals surface area contributed by atoms with E-state index in [1.165, 1.54) is 7.11 Å². The number of rotatable bonds is 4. The first-order chi connectivity index (χ1) is 9.98. The van der Waals surface area contributed by atoms with E-state index in [0.717, 1.165) is 0 Å². The van der Waals surface area contributed by atoms with Crippen LogP contribution in [-0.2, 0) is 14.9 Å². The fourth-order valence-electron chi connectivity index (χ4n) is 3.89. The molecular weight excluding hydrogens is 281 g/mol. The molecule has 4 rings (SSSR count). The predicted octanol–water partition coefficient (Wildman–Crippen LogP) is 3.84. The molecule has 1 unspecified atom stereocenters. The van der Waals surface area contributed by atoms with Gasteiger partial charge in [0.15, 0.2) is 6.17 Å². The molecule has 0 radical (unpaired) electrons. The van der Waals surface area contributed by atoms with E-state index in [2.05, 4.69) is 0 Å². The number of halogens is 3. The summed E-state index contributed by atoms with van der Waals surface area (Å²) in [6.45, 7) is -0.158. The second kappa shape index (κ2) is 4.99. The molecule has 5 heteroatoms. The van der Waals surface area contributed by atoms with E-state index in [-0.39, 0.29) is 19.6 Å². The van der Waals surface area contributed by atoms with Crippen LogP contribution in [0.3, 0.4) is 0 Å². The smallest absolute Gasteiger partial charge is 0.290 e. The zero-order valence-electron chi connectivity index (χ0n) is 12.0. The fourth-order valence-corrected chi connectivity index (χ4v) is 3.89. The summed E-state index contributed by atoms with van der Waals surface area (Å²) in [6, 6.07) is 8.59. The van der Waals surface area contributed by atoms with Gasteiger partial charge in [-0.1, -0.05) is 30.3 Å². The quantitative estimate of drug-likeness (QED) is 0.787. The fraction of sp³-hybridized carbons (Fsp3) is 0.625. The molecule has 0 spiro atoms. The highest BCUT2D eigenvalue weighted by atomic mass is 19.3. The van der Waals surface area contributed by atoms with Crippen molar-refractivity contribution in [2.24, 2.45) is 0 Å². The standard InChI is InChI=1S/C16H19F3O2/c1-20-11-21-15-9-7-14(8-10-15,16(18,19)13(15)17)12-5-3-2-4-6-12/h2-6,13H,7-11H2,1H3. The normalized spacial score (nSPS) is 37.6. The molecular formula is C16H19F3O2. The van der Waals surface area contributed by atoms with Gasteiger partial charge in [-0.15, -0.1) is 0 Å². The van der Waals surface area contributed by atoms with Crippen LogP contribution in [0, 0.1) is 0 Å². The van der Waals surface area contributed by atoms with Gasteiger partial charge in [-0.05, 0) is 31.2 Å². The third kappa shape index (κ3) is 1.94. The highest BCUT2D eigenvalue weighted by Crippen LogP contribution is 2.63. The molecule has 3 aliphatic rings. The molecule has 1 aromatic carbocycles. The van der Waals surface area contributed by atoms with Crippen LogP contribution < -0.4 is 0 Å². The third-order valence-corrected chi connectivity index (χ3v) is 5.16. The minimum absolute atomic E-state index is 0.158. The van der Waals surface area contributed by atoms with Gasteiger partial charge in [-0.3, -0.25) is 0 Å². The lowest BCUT2D eigenvalue weighted by Gasteiger charge is -2.58. The molecule has 2 nitrogen and oxygen atoms in total. The predicted molar refractivity (Wildman–Crippen MR) is 72.1 cm³/mol. The van der Waals surface area contributed by atoms with Crippen LogP contribution >= 0.6 is 0 Å². The van der Waals surface area contributed by atoms with Gasteiger partial charge in [0.2, 0.25) is 0 Å². The summed E-state index contributed by atoms with van der Waals surface area (Å²) in [6.07, 6.45) is -1.25. The van der Waals surface area contributed by atoms with Gasteiger partial charge in [0.25, 0.3) is 5.92 Å². The SMILES string of the molecule is COCOC12CCC(c3ccccc3)(CC1)C(F)(F)C2F. The Hall–Kier alpha value is -1.07. The van der Waals surface area contributed by atoms with Crippen molar-refractivity contribution in [3.63, 3.8) is 0 Å². The Morgan fingerprint density at radius 1 is 1.10 bits per heavy atom. The van der Waals surface area contributed by atoms with E-state index in [0.29, 0.717) is 18.4 Å². The Morgan fingerprint density at radius 3 is 2.29 bits per heavy atom. The lowest BCUT2D eigenvalue weighted by Crippen LogP contribution is -2.69. The van der Waals surface area contributed by atoms with Crippen LogP contribution in [-0.4, -0.2) is 31.6 Å². The van der Waals surface area contributed by atoms with Gasteiger partial charge in [-0.25, -0.2) is 13.2 Å². The summed E-state index contributed by atoms with van der Waals surface area (Å²) >= 11 is 0. The minimum atomic E-state index is -3.43. The molecule has 0 aromatic heterocycles. The molecule has 2 bridgehead atoms. The molecule has 0 N–H and O–H groups in total. The largest absolute Gasteiger partial charge is 0.359 e. The topological polar surface area (TPSA) is 18.5 Å². The van der Waals surface area contributed by atoms with Crippen molar-refractivity contribution in [2.45, 2.75) is 48.8 Å². The maximum Gasteiger partial charge on any atom is 0.290 e. The first-order valence-corrected chi connectivity index (χ1v) is 7.19. The molecule has 1 atom stereocenters. The Morgan fingerprint density at radius 2 is 1.71 bits per heavy atom. The van der Waals surface area contributed by atoms with Crippen molar-refractivity contribution in [3.05, 3.63) is 35.9 Å². The number of ether oxygens (including phenoxy) is 2. The second-order valence-corrected chi connectivity index (χ2v) is 6.05. The monoisotopic (exact) mass is 300 g/mol. The molecule has 116 valence electrons. The molecule has 3 saturated carbocycles. The summed E-state index contributed by atoms with van der Waals surface area (Å²) in [4.78, 5) is 0. The van der Waals surface area contributed by atoms with Crippen molar-refractivity contribution >= 4 is 0 Å². The van der Waals surface area contributed by atoms with E-state index >= 15 is 0 Å². The second-order valence-electron chi connectivity index (χ2n) is 6.05.